The van der Waals surface area contributed by atoms with Crippen LogP contribution in [0.1, 0.15) is 19.3 Å². The molecule has 0 radical (unpaired) electrons. The average molecular weight is 386 g/mol. The number of hydrogen-bond acceptors (Lipinski definition) is 5. The number of rotatable bonds is 4. The Morgan fingerprint density at radius 2 is 1.69 bits per heavy atom. The molecule has 4 rings (SSSR count). The van der Waals surface area contributed by atoms with Gasteiger partial charge in [-0.15, -0.1) is 11.3 Å². The summed E-state index contributed by atoms with van der Waals surface area (Å²) in [6, 6.07) is 12.8. The maximum Gasteiger partial charge on any atom is 0.243 e. The molecule has 134 valence electrons. The van der Waals surface area contributed by atoms with E-state index in [4.69, 9.17) is 0 Å². The Bertz CT molecular complexity index is 977. The van der Waals surface area contributed by atoms with E-state index in [1.165, 1.54) is 11.3 Å². The van der Waals surface area contributed by atoms with Crippen LogP contribution in [0, 0.1) is 0 Å². The van der Waals surface area contributed by atoms with Crippen LogP contribution < -0.4 is 0 Å². The van der Waals surface area contributed by atoms with E-state index in [9.17, 15) is 8.42 Å². The van der Waals surface area contributed by atoms with Gasteiger partial charge in [-0.05, 0) is 37.1 Å². The number of benzene rings is 1. The zero-order valence-electron chi connectivity index (χ0n) is 14.2. The second kappa shape index (κ2) is 7.26. The van der Waals surface area contributed by atoms with Crippen molar-refractivity contribution in [3.8, 4) is 22.0 Å². The first-order chi connectivity index (χ1) is 12.6. The van der Waals surface area contributed by atoms with Crippen LogP contribution in [0.3, 0.4) is 0 Å². The van der Waals surface area contributed by atoms with Gasteiger partial charge in [0.1, 0.15) is 5.01 Å². The van der Waals surface area contributed by atoms with Gasteiger partial charge in [-0.25, -0.2) is 13.4 Å². The summed E-state index contributed by atoms with van der Waals surface area (Å²) in [5.74, 6) is 0. The van der Waals surface area contributed by atoms with Crippen LogP contribution in [0.2, 0.25) is 0 Å². The summed E-state index contributed by atoms with van der Waals surface area (Å²) in [4.78, 5) is 9.30. The fraction of sp³-hybridized carbons (Fsp3) is 0.263. The number of thiazole rings is 1. The zero-order valence-corrected chi connectivity index (χ0v) is 15.8. The van der Waals surface area contributed by atoms with E-state index < -0.39 is 10.0 Å². The topological polar surface area (TPSA) is 63.2 Å². The number of aromatic nitrogens is 2. The molecule has 3 heterocycles. The van der Waals surface area contributed by atoms with Crippen molar-refractivity contribution < 1.29 is 8.42 Å². The van der Waals surface area contributed by atoms with Gasteiger partial charge in [0, 0.05) is 30.2 Å². The van der Waals surface area contributed by atoms with Crippen molar-refractivity contribution in [3.63, 3.8) is 0 Å². The predicted molar refractivity (Wildman–Crippen MR) is 103 cm³/mol. The van der Waals surface area contributed by atoms with Crippen molar-refractivity contribution in [2.75, 3.05) is 13.1 Å². The van der Waals surface area contributed by atoms with Gasteiger partial charge >= 0.3 is 0 Å². The van der Waals surface area contributed by atoms with Crippen molar-refractivity contribution in [1.29, 1.82) is 0 Å². The molecule has 1 aliphatic rings. The van der Waals surface area contributed by atoms with E-state index in [2.05, 4.69) is 9.97 Å². The first-order valence-electron chi connectivity index (χ1n) is 8.62. The number of sulfonamides is 1. The van der Waals surface area contributed by atoms with Crippen LogP contribution in [0.25, 0.3) is 22.0 Å². The Kier molecular flexibility index (Phi) is 4.84. The molecule has 1 fully saturated rings. The highest BCUT2D eigenvalue weighted by Gasteiger charge is 2.25. The van der Waals surface area contributed by atoms with Crippen LogP contribution in [0.5, 0.6) is 0 Å². The van der Waals surface area contributed by atoms with E-state index in [0.717, 1.165) is 41.2 Å². The predicted octanol–water partition coefficient (Wildman–Crippen LogP) is 4.05. The minimum Gasteiger partial charge on any atom is -0.254 e. The quantitative estimate of drug-likeness (QED) is 0.680. The largest absolute Gasteiger partial charge is 0.254 e. The zero-order chi connectivity index (χ0) is 18.0. The number of hydrogen-bond donors (Lipinski definition) is 0. The Balaban J connectivity index is 1.57. The maximum absolute atomic E-state index is 12.7. The Labute approximate surface area is 157 Å². The standard InChI is InChI=1S/C19H19N3O2S2/c23-26(24,22-12-4-1-5-13-22)16-9-7-15(8-10-16)18-14-25-19(21-18)17-6-2-3-11-20-17/h2-3,6-11,14H,1,4-5,12-13H2. The van der Waals surface area contributed by atoms with Crippen LogP contribution in [0.15, 0.2) is 58.9 Å². The maximum atomic E-state index is 12.7. The molecule has 1 aliphatic heterocycles. The summed E-state index contributed by atoms with van der Waals surface area (Å²) >= 11 is 1.53. The summed E-state index contributed by atoms with van der Waals surface area (Å²) in [6.07, 6.45) is 4.73. The third-order valence-corrected chi connectivity index (χ3v) is 7.27. The van der Waals surface area contributed by atoms with Crippen LogP contribution in [-0.4, -0.2) is 35.8 Å². The van der Waals surface area contributed by atoms with Gasteiger partial charge in [0.2, 0.25) is 10.0 Å². The molecule has 0 atom stereocenters. The fourth-order valence-corrected chi connectivity index (χ4v) is 5.39. The van der Waals surface area contributed by atoms with E-state index >= 15 is 0 Å². The average Bonchev–Trinajstić information content (AvgIpc) is 3.20. The molecular formula is C19H19N3O2S2. The third-order valence-electron chi connectivity index (χ3n) is 4.49. The minimum absolute atomic E-state index is 0.350. The van der Waals surface area contributed by atoms with Gasteiger partial charge in [-0.2, -0.15) is 4.31 Å². The van der Waals surface area contributed by atoms with Crippen molar-refractivity contribution in [1.82, 2.24) is 14.3 Å². The second-order valence-electron chi connectivity index (χ2n) is 6.24. The number of piperidine rings is 1. The molecule has 1 saturated heterocycles. The second-order valence-corrected chi connectivity index (χ2v) is 9.04. The first-order valence-corrected chi connectivity index (χ1v) is 10.9. The van der Waals surface area contributed by atoms with Crippen molar-refractivity contribution in [3.05, 3.63) is 54.0 Å². The molecular weight excluding hydrogens is 366 g/mol. The molecule has 0 N–H and O–H groups in total. The van der Waals surface area contributed by atoms with Gasteiger partial charge in [-0.1, -0.05) is 24.6 Å². The molecule has 0 saturated carbocycles. The van der Waals surface area contributed by atoms with Crippen molar-refractivity contribution in [2.45, 2.75) is 24.2 Å². The van der Waals surface area contributed by atoms with Crippen LogP contribution in [-0.2, 0) is 10.0 Å². The van der Waals surface area contributed by atoms with Gasteiger partial charge < -0.3 is 0 Å². The molecule has 0 aliphatic carbocycles. The van der Waals surface area contributed by atoms with Crippen molar-refractivity contribution >= 4 is 21.4 Å². The molecule has 7 heteroatoms. The Morgan fingerprint density at radius 3 is 2.38 bits per heavy atom. The van der Waals surface area contributed by atoms with Crippen molar-refractivity contribution in [2.24, 2.45) is 0 Å². The Morgan fingerprint density at radius 1 is 0.923 bits per heavy atom. The highest BCUT2D eigenvalue weighted by atomic mass is 32.2. The molecule has 3 aromatic rings. The summed E-state index contributed by atoms with van der Waals surface area (Å²) in [5, 5.41) is 2.82. The Hall–Kier alpha value is -2.09. The van der Waals surface area contributed by atoms with Gasteiger partial charge in [0.25, 0.3) is 0 Å². The highest BCUT2D eigenvalue weighted by Crippen LogP contribution is 2.29. The molecule has 0 bridgehead atoms. The first kappa shape index (κ1) is 17.3. The molecule has 2 aromatic heterocycles. The lowest BCUT2D eigenvalue weighted by molar-refractivity contribution is 0.346. The van der Waals surface area contributed by atoms with E-state index in [0.29, 0.717) is 18.0 Å². The number of pyridine rings is 1. The lowest BCUT2D eigenvalue weighted by Gasteiger charge is -2.25. The minimum atomic E-state index is -3.39. The molecule has 26 heavy (non-hydrogen) atoms. The molecule has 0 unspecified atom stereocenters. The smallest absolute Gasteiger partial charge is 0.243 e. The van der Waals surface area contributed by atoms with Crippen LogP contribution in [0.4, 0.5) is 0 Å². The summed E-state index contributed by atoms with van der Waals surface area (Å²) in [6.45, 7) is 1.23. The van der Waals surface area contributed by atoms with Gasteiger partial charge in [-0.3, -0.25) is 4.98 Å². The monoisotopic (exact) mass is 385 g/mol. The van der Waals surface area contributed by atoms with Crippen LogP contribution >= 0.6 is 11.3 Å². The molecule has 0 spiro atoms. The highest BCUT2D eigenvalue weighted by molar-refractivity contribution is 7.89. The molecule has 1 aromatic carbocycles. The summed E-state index contributed by atoms with van der Waals surface area (Å²) in [7, 11) is -3.39. The van der Waals surface area contributed by atoms with E-state index in [1.54, 1.807) is 22.6 Å². The molecule has 0 amide bonds. The van der Waals surface area contributed by atoms with E-state index in [1.807, 2.05) is 35.7 Å². The summed E-state index contributed by atoms with van der Waals surface area (Å²) in [5.41, 5.74) is 2.58. The third kappa shape index (κ3) is 3.42. The fourth-order valence-electron chi connectivity index (χ4n) is 3.07. The SMILES string of the molecule is O=S(=O)(c1ccc(-c2csc(-c3ccccn3)n2)cc1)N1CCCCC1. The molecule has 5 nitrogen and oxygen atoms in total. The lowest BCUT2D eigenvalue weighted by atomic mass is 10.2. The number of nitrogens with zero attached hydrogens (tertiary/aromatic N) is 3. The van der Waals surface area contributed by atoms with E-state index in [-0.39, 0.29) is 0 Å². The van der Waals surface area contributed by atoms with Gasteiger partial charge in [0.15, 0.2) is 0 Å². The summed E-state index contributed by atoms with van der Waals surface area (Å²) < 4.78 is 27.0. The lowest BCUT2D eigenvalue weighted by Crippen LogP contribution is -2.35. The normalized spacial score (nSPS) is 15.8. The van der Waals surface area contributed by atoms with Gasteiger partial charge in [0.05, 0.1) is 16.3 Å².